The molecule has 5 nitrogen and oxygen atoms in total. The van der Waals surface area contributed by atoms with Gasteiger partial charge in [0.15, 0.2) is 6.10 Å². The summed E-state index contributed by atoms with van der Waals surface area (Å²) in [5.74, 6) is -0.146. The maximum absolute atomic E-state index is 10.9. The Hall–Kier alpha value is -1.26. The molecule has 0 saturated carbocycles. The molecule has 2 saturated heterocycles. The van der Waals surface area contributed by atoms with Crippen molar-refractivity contribution in [3.63, 3.8) is 0 Å². The Kier molecular flexibility index (Phi) is 1.86. The molecule has 0 radical (unpaired) electrons. The number of hydrogen-bond acceptors (Lipinski definition) is 5. The molecule has 2 rings (SSSR count). The summed E-state index contributed by atoms with van der Waals surface area (Å²) in [6.45, 7) is 2.07. The fourth-order valence-corrected chi connectivity index (χ4v) is 1.64. The fourth-order valence-electron chi connectivity index (χ4n) is 1.64. The average Bonchev–Trinajstić information content (AvgIpc) is 2.58. The van der Waals surface area contributed by atoms with Gasteiger partial charge in [-0.2, -0.15) is 0 Å². The highest BCUT2D eigenvalue weighted by molar-refractivity contribution is 5.72. The van der Waals surface area contributed by atoms with Gasteiger partial charge in [0, 0.05) is 5.92 Å². The molecular weight excluding hydrogens is 176 g/mol. The van der Waals surface area contributed by atoms with Gasteiger partial charge in [-0.25, -0.2) is 4.79 Å². The maximum atomic E-state index is 10.9. The predicted octanol–water partition coefficient (Wildman–Crippen LogP) is 0.473. The van der Waals surface area contributed by atoms with Crippen LogP contribution in [-0.2, 0) is 19.0 Å². The first kappa shape index (κ1) is 8.34. The van der Waals surface area contributed by atoms with Gasteiger partial charge in [-0.1, -0.05) is 6.92 Å². The minimum Gasteiger partial charge on any atom is -0.458 e. The predicted molar refractivity (Wildman–Crippen MR) is 39.9 cm³/mol. The SMILES string of the molecule is CC1CC(=O)OC1C1COC(=O)O1. The lowest BCUT2D eigenvalue weighted by Gasteiger charge is -2.17. The van der Waals surface area contributed by atoms with Crippen LogP contribution in [0.25, 0.3) is 0 Å². The second-order valence-electron chi connectivity index (χ2n) is 3.35. The Morgan fingerprint density at radius 3 is 2.54 bits per heavy atom. The number of rotatable bonds is 1. The maximum Gasteiger partial charge on any atom is 0.508 e. The molecule has 72 valence electrons. The van der Waals surface area contributed by atoms with E-state index >= 15 is 0 Å². The van der Waals surface area contributed by atoms with E-state index in [1.54, 1.807) is 0 Å². The number of carbonyl (C=O) groups is 2. The second kappa shape index (κ2) is 2.90. The van der Waals surface area contributed by atoms with E-state index in [2.05, 4.69) is 4.74 Å². The molecule has 0 aromatic heterocycles. The zero-order chi connectivity index (χ0) is 9.42. The van der Waals surface area contributed by atoms with Crippen LogP contribution < -0.4 is 0 Å². The van der Waals surface area contributed by atoms with Crippen LogP contribution >= 0.6 is 0 Å². The third kappa shape index (κ3) is 1.46. The van der Waals surface area contributed by atoms with Crippen LogP contribution in [0.4, 0.5) is 4.79 Å². The minimum absolute atomic E-state index is 0.0898. The van der Waals surface area contributed by atoms with Crippen LogP contribution in [0.2, 0.25) is 0 Å². The van der Waals surface area contributed by atoms with E-state index in [1.807, 2.05) is 6.92 Å². The highest BCUT2D eigenvalue weighted by atomic mass is 16.8. The number of carbonyl (C=O) groups excluding carboxylic acids is 2. The summed E-state index contributed by atoms with van der Waals surface area (Å²) in [7, 11) is 0. The van der Waals surface area contributed by atoms with Gasteiger partial charge in [-0.05, 0) is 0 Å². The molecule has 13 heavy (non-hydrogen) atoms. The van der Waals surface area contributed by atoms with Crippen LogP contribution in [0.15, 0.2) is 0 Å². The van der Waals surface area contributed by atoms with Gasteiger partial charge in [0.05, 0.1) is 6.42 Å². The summed E-state index contributed by atoms with van der Waals surface area (Å²) in [6.07, 6.45) is -1.05. The molecule has 0 N–H and O–H groups in total. The van der Waals surface area contributed by atoms with E-state index in [-0.39, 0.29) is 24.6 Å². The van der Waals surface area contributed by atoms with E-state index < -0.39 is 12.3 Å². The van der Waals surface area contributed by atoms with Gasteiger partial charge in [0.2, 0.25) is 0 Å². The lowest BCUT2D eigenvalue weighted by molar-refractivity contribution is -0.144. The van der Waals surface area contributed by atoms with Crippen molar-refractivity contribution in [3.05, 3.63) is 0 Å². The molecule has 2 aliphatic rings. The molecule has 2 aliphatic heterocycles. The summed E-state index contributed by atoms with van der Waals surface area (Å²) in [5, 5.41) is 0. The number of esters is 1. The molecule has 2 fully saturated rings. The Morgan fingerprint density at radius 1 is 1.31 bits per heavy atom. The quantitative estimate of drug-likeness (QED) is 0.557. The molecular formula is C8H10O5. The molecule has 0 aromatic rings. The molecule has 0 spiro atoms. The summed E-state index contributed by atoms with van der Waals surface area (Å²) in [5.41, 5.74) is 0. The molecule has 3 atom stereocenters. The van der Waals surface area contributed by atoms with Crippen molar-refractivity contribution < 1.29 is 23.8 Å². The van der Waals surface area contributed by atoms with E-state index in [0.717, 1.165) is 0 Å². The van der Waals surface area contributed by atoms with Crippen molar-refractivity contribution in [2.45, 2.75) is 25.6 Å². The largest absolute Gasteiger partial charge is 0.508 e. The van der Waals surface area contributed by atoms with Gasteiger partial charge in [-0.15, -0.1) is 0 Å². The molecule has 0 amide bonds. The zero-order valence-corrected chi connectivity index (χ0v) is 7.19. The Balaban J connectivity index is 2.01. The van der Waals surface area contributed by atoms with Crippen molar-refractivity contribution >= 4 is 12.1 Å². The van der Waals surface area contributed by atoms with E-state index in [0.29, 0.717) is 6.42 Å². The summed E-state index contributed by atoms with van der Waals surface area (Å²) in [6, 6.07) is 0. The summed E-state index contributed by atoms with van der Waals surface area (Å²) < 4.78 is 14.4. The van der Waals surface area contributed by atoms with Crippen molar-refractivity contribution in [2.24, 2.45) is 5.92 Å². The van der Waals surface area contributed by atoms with Crippen LogP contribution in [0.5, 0.6) is 0 Å². The normalized spacial score (nSPS) is 38.4. The molecule has 0 aliphatic carbocycles. The van der Waals surface area contributed by atoms with Crippen molar-refractivity contribution in [2.75, 3.05) is 6.61 Å². The van der Waals surface area contributed by atoms with Gasteiger partial charge in [0.25, 0.3) is 0 Å². The highest BCUT2D eigenvalue weighted by Crippen LogP contribution is 2.27. The van der Waals surface area contributed by atoms with Crippen molar-refractivity contribution in [3.8, 4) is 0 Å². The van der Waals surface area contributed by atoms with E-state index in [9.17, 15) is 9.59 Å². The van der Waals surface area contributed by atoms with Crippen molar-refractivity contribution in [1.29, 1.82) is 0 Å². The monoisotopic (exact) mass is 186 g/mol. The van der Waals surface area contributed by atoms with Crippen LogP contribution in [-0.4, -0.2) is 30.9 Å². The van der Waals surface area contributed by atoms with Crippen LogP contribution in [0, 0.1) is 5.92 Å². The standard InChI is InChI=1S/C8H10O5/c1-4-2-6(9)13-7(4)5-3-11-8(10)12-5/h4-5,7H,2-3H2,1H3. The number of cyclic esters (lactones) is 3. The highest BCUT2D eigenvalue weighted by Gasteiger charge is 2.43. The molecule has 2 heterocycles. The Morgan fingerprint density at radius 2 is 2.08 bits per heavy atom. The Bertz CT molecular complexity index is 249. The van der Waals surface area contributed by atoms with Gasteiger partial charge in [-0.3, -0.25) is 4.79 Å². The van der Waals surface area contributed by atoms with Crippen LogP contribution in [0.1, 0.15) is 13.3 Å². The molecule has 0 bridgehead atoms. The Labute approximate surface area is 74.9 Å². The molecule has 3 unspecified atom stereocenters. The smallest absolute Gasteiger partial charge is 0.458 e. The minimum atomic E-state index is -0.680. The van der Waals surface area contributed by atoms with E-state index in [4.69, 9.17) is 9.47 Å². The first-order valence-electron chi connectivity index (χ1n) is 4.19. The summed E-state index contributed by atoms with van der Waals surface area (Å²) >= 11 is 0. The topological polar surface area (TPSA) is 61.8 Å². The molecule has 0 aromatic carbocycles. The third-order valence-electron chi connectivity index (χ3n) is 2.30. The van der Waals surface area contributed by atoms with Crippen LogP contribution in [0.3, 0.4) is 0 Å². The third-order valence-corrected chi connectivity index (χ3v) is 2.30. The average molecular weight is 186 g/mol. The number of hydrogen-bond donors (Lipinski definition) is 0. The van der Waals surface area contributed by atoms with Gasteiger partial charge in [0.1, 0.15) is 12.7 Å². The van der Waals surface area contributed by atoms with Gasteiger partial charge >= 0.3 is 12.1 Å². The molecule has 5 heteroatoms. The number of ether oxygens (including phenoxy) is 3. The van der Waals surface area contributed by atoms with Gasteiger partial charge < -0.3 is 14.2 Å². The lowest BCUT2D eigenvalue weighted by atomic mass is 10.00. The van der Waals surface area contributed by atoms with E-state index in [1.165, 1.54) is 0 Å². The first-order valence-corrected chi connectivity index (χ1v) is 4.19. The zero-order valence-electron chi connectivity index (χ0n) is 7.19. The lowest BCUT2D eigenvalue weighted by Crippen LogP contribution is -2.32. The summed E-state index contributed by atoms with van der Waals surface area (Å²) in [4.78, 5) is 21.5. The second-order valence-corrected chi connectivity index (χ2v) is 3.35. The first-order chi connectivity index (χ1) is 6.16. The van der Waals surface area contributed by atoms with Crippen molar-refractivity contribution in [1.82, 2.24) is 0 Å². The fraction of sp³-hybridized carbons (Fsp3) is 0.750.